The van der Waals surface area contributed by atoms with Gasteiger partial charge in [0.05, 0.1) is 6.04 Å². The fraction of sp³-hybridized carbons (Fsp3) is 0.444. The van der Waals surface area contributed by atoms with Crippen LogP contribution in [0.2, 0.25) is 0 Å². The third kappa shape index (κ3) is 6.68. The highest BCUT2D eigenvalue weighted by atomic mass is 16.1. The van der Waals surface area contributed by atoms with Gasteiger partial charge in [-0.05, 0) is 31.4 Å². The second kappa shape index (κ2) is 9.90. The van der Waals surface area contributed by atoms with Gasteiger partial charge in [-0.15, -0.1) is 0 Å². The number of ketones is 1. The van der Waals surface area contributed by atoms with E-state index in [0.29, 0.717) is 18.5 Å². The summed E-state index contributed by atoms with van der Waals surface area (Å²) in [5.41, 5.74) is 6.47. The van der Waals surface area contributed by atoms with Crippen molar-refractivity contribution in [2.24, 2.45) is 11.7 Å². The number of allylic oxidation sites excluding steroid dienone is 6. The minimum Gasteiger partial charge on any atom is -0.352 e. The summed E-state index contributed by atoms with van der Waals surface area (Å²) >= 11 is 0. The molecule has 0 bridgehead atoms. The van der Waals surface area contributed by atoms with Crippen LogP contribution in [0, 0.1) is 5.92 Å². The second-order valence-corrected chi connectivity index (χ2v) is 5.67. The van der Waals surface area contributed by atoms with Gasteiger partial charge in [-0.1, -0.05) is 44.2 Å². The molecule has 0 radical (unpaired) electrons. The van der Waals surface area contributed by atoms with Crippen molar-refractivity contribution in [3.63, 3.8) is 0 Å². The molecule has 4 nitrogen and oxygen atoms in total. The Balaban J connectivity index is 2.24. The number of Topliss-reactive ketones (excluding diaryl/α,β-unsaturated/α-hetero) is 1. The van der Waals surface area contributed by atoms with Crippen LogP contribution in [0.4, 0.5) is 0 Å². The molecule has 1 amide bonds. The first kappa shape index (κ1) is 18.1. The topological polar surface area (TPSA) is 72.2 Å². The highest BCUT2D eigenvalue weighted by Gasteiger charge is 2.16. The molecule has 0 aromatic rings. The molecule has 0 saturated heterocycles. The first-order valence-corrected chi connectivity index (χ1v) is 7.81. The smallest absolute Gasteiger partial charge is 0.251 e. The lowest BCUT2D eigenvalue weighted by molar-refractivity contribution is -0.123. The Kier molecular flexibility index (Phi) is 8.15. The number of nitrogens with two attached hydrogens (primary N) is 1. The maximum atomic E-state index is 12.0. The van der Waals surface area contributed by atoms with Crippen LogP contribution in [-0.4, -0.2) is 24.3 Å². The standard InChI is InChI=1S/C18H26N2O2/c1-14(2)17(21)16(19)12-8-9-13-20-18(22)15-10-6-4-3-5-7-11-15/h3-7,10-11,14,16H,8-9,12-13,19H2,1-2H3,(H,20,22)/b4-3-,5-3?,6-4?,7-5-,10-6?,11-7?,15-10?,15-11?. The summed E-state index contributed by atoms with van der Waals surface area (Å²) in [5.74, 6) is 0.00213. The van der Waals surface area contributed by atoms with Crippen molar-refractivity contribution in [2.45, 2.75) is 39.2 Å². The third-order valence-electron chi connectivity index (χ3n) is 3.42. The molecule has 0 aliphatic heterocycles. The number of carbonyl (C=O) groups excluding carboxylic acids is 2. The van der Waals surface area contributed by atoms with Gasteiger partial charge in [-0.2, -0.15) is 0 Å². The number of hydrogen-bond acceptors (Lipinski definition) is 3. The molecule has 0 spiro atoms. The van der Waals surface area contributed by atoms with Crippen LogP contribution in [-0.2, 0) is 9.59 Å². The van der Waals surface area contributed by atoms with Gasteiger partial charge in [-0.25, -0.2) is 0 Å². The molecule has 4 heteroatoms. The van der Waals surface area contributed by atoms with Crippen LogP contribution >= 0.6 is 0 Å². The van der Waals surface area contributed by atoms with E-state index in [1.54, 1.807) is 12.2 Å². The molecule has 0 aromatic heterocycles. The van der Waals surface area contributed by atoms with E-state index in [2.05, 4.69) is 5.32 Å². The predicted molar refractivity (Wildman–Crippen MR) is 90.2 cm³/mol. The van der Waals surface area contributed by atoms with Gasteiger partial charge in [0.2, 0.25) is 0 Å². The van der Waals surface area contributed by atoms with E-state index in [9.17, 15) is 9.59 Å². The molecule has 0 fully saturated rings. The lowest BCUT2D eigenvalue weighted by Gasteiger charge is -2.13. The van der Waals surface area contributed by atoms with Gasteiger partial charge in [0, 0.05) is 18.0 Å². The third-order valence-corrected chi connectivity index (χ3v) is 3.42. The van der Waals surface area contributed by atoms with E-state index in [1.807, 2.05) is 44.2 Å². The van der Waals surface area contributed by atoms with Crippen LogP contribution in [0.25, 0.3) is 0 Å². The number of hydrogen-bond donors (Lipinski definition) is 2. The van der Waals surface area contributed by atoms with Crippen molar-refractivity contribution in [1.29, 1.82) is 0 Å². The van der Waals surface area contributed by atoms with Crippen LogP contribution in [0.5, 0.6) is 0 Å². The van der Waals surface area contributed by atoms with Crippen molar-refractivity contribution in [2.75, 3.05) is 6.54 Å². The molecule has 0 aromatic carbocycles. The van der Waals surface area contributed by atoms with Crippen molar-refractivity contribution in [3.8, 4) is 0 Å². The van der Waals surface area contributed by atoms with Gasteiger partial charge < -0.3 is 11.1 Å². The number of unbranched alkanes of at least 4 members (excludes halogenated alkanes) is 1. The molecule has 0 saturated carbocycles. The summed E-state index contributed by atoms with van der Waals surface area (Å²) < 4.78 is 0. The Morgan fingerprint density at radius 2 is 1.77 bits per heavy atom. The lowest BCUT2D eigenvalue weighted by Crippen LogP contribution is -2.34. The lowest BCUT2D eigenvalue weighted by atomic mass is 9.98. The minimum absolute atomic E-state index is 0.0187. The SMILES string of the molecule is CC(C)C(=O)C(N)CCCCNC(=O)C1=C/C=C\C=C/C=C1. The van der Waals surface area contributed by atoms with E-state index in [4.69, 9.17) is 5.73 Å². The quantitative estimate of drug-likeness (QED) is 0.676. The summed E-state index contributed by atoms with van der Waals surface area (Å²) in [7, 11) is 0. The second-order valence-electron chi connectivity index (χ2n) is 5.67. The molecule has 1 aliphatic rings. The van der Waals surface area contributed by atoms with Crippen molar-refractivity contribution in [3.05, 3.63) is 48.1 Å². The molecular formula is C18H26N2O2. The fourth-order valence-corrected chi connectivity index (χ4v) is 2.08. The van der Waals surface area contributed by atoms with Crippen molar-refractivity contribution >= 4 is 11.7 Å². The molecule has 22 heavy (non-hydrogen) atoms. The van der Waals surface area contributed by atoms with Gasteiger partial charge in [0.25, 0.3) is 5.91 Å². The Bertz CT molecular complexity index is 499. The Labute approximate surface area is 132 Å². The summed E-state index contributed by atoms with van der Waals surface area (Å²) in [5, 5.41) is 2.88. The Morgan fingerprint density at radius 1 is 1.09 bits per heavy atom. The molecule has 1 unspecified atom stereocenters. The minimum atomic E-state index is -0.385. The summed E-state index contributed by atoms with van der Waals surface area (Å²) in [4.78, 5) is 23.7. The van der Waals surface area contributed by atoms with Crippen molar-refractivity contribution in [1.82, 2.24) is 5.32 Å². The molecule has 1 aliphatic carbocycles. The van der Waals surface area contributed by atoms with E-state index in [0.717, 1.165) is 12.8 Å². The summed E-state index contributed by atoms with van der Waals surface area (Å²) in [6.07, 6.45) is 15.2. The zero-order chi connectivity index (χ0) is 16.4. The maximum Gasteiger partial charge on any atom is 0.251 e. The van der Waals surface area contributed by atoms with Crippen molar-refractivity contribution < 1.29 is 9.59 Å². The first-order chi connectivity index (χ1) is 10.5. The molecular weight excluding hydrogens is 276 g/mol. The highest BCUT2D eigenvalue weighted by Crippen LogP contribution is 2.06. The number of carbonyl (C=O) groups is 2. The van der Waals surface area contributed by atoms with Gasteiger partial charge in [0.15, 0.2) is 5.78 Å². The monoisotopic (exact) mass is 302 g/mol. The van der Waals surface area contributed by atoms with Crippen LogP contribution in [0.15, 0.2) is 48.1 Å². The average Bonchev–Trinajstić information content (AvgIpc) is 2.45. The Hall–Kier alpha value is -1.94. The molecule has 3 N–H and O–H groups in total. The highest BCUT2D eigenvalue weighted by molar-refractivity contribution is 5.96. The van der Waals surface area contributed by atoms with Gasteiger partial charge >= 0.3 is 0 Å². The number of nitrogens with one attached hydrogen (secondary N) is 1. The Morgan fingerprint density at radius 3 is 2.50 bits per heavy atom. The summed E-state index contributed by atoms with van der Waals surface area (Å²) in [6, 6.07) is -0.385. The maximum absolute atomic E-state index is 12.0. The normalized spacial score (nSPS) is 18.1. The molecule has 1 rings (SSSR count). The van der Waals surface area contributed by atoms with Gasteiger partial charge in [-0.3, -0.25) is 9.59 Å². The molecule has 1 atom stereocenters. The fourth-order valence-electron chi connectivity index (χ4n) is 2.08. The number of rotatable bonds is 8. The van der Waals surface area contributed by atoms with E-state index < -0.39 is 0 Å². The predicted octanol–water partition coefficient (Wildman–Crippen LogP) is 2.43. The largest absolute Gasteiger partial charge is 0.352 e. The summed E-state index contributed by atoms with van der Waals surface area (Å²) in [6.45, 7) is 4.32. The zero-order valence-corrected chi connectivity index (χ0v) is 13.4. The van der Waals surface area contributed by atoms with E-state index in [1.165, 1.54) is 0 Å². The van der Waals surface area contributed by atoms with Crippen LogP contribution < -0.4 is 11.1 Å². The molecule has 0 heterocycles. The number of amides is 1. The van der Waals surface area contributed by atoms with E-state index in [-0.39, 0.29) is 23.7 Å². The first-order valence-electron chi connectivity index (χ1n) is 7.81. The zero-order valence-electron chi connectivity index (χ0n) is 13.4. The van der Waals surface area contributed by atoms with E-state index >= 15 is 0 Å². The van der Waals surface area contributed by atoms with Crippen LogP contribution in [0.3, 0.4) is 0 Å². The van der Waals surface area contributed by atoms with Gasteiger partial charge in [0.1, 0.15) is 0 Å². The molecule has 120 valence electrons. The van der Waals surface area contributed by atoms with Crippen LogP contribution in [0.1, 0.15) is 33.1 Å². The average molecular weight is 302 g/mol.